The van der Waals surface area contributed by atoms with Crippen LogP contribution in [0.2, 0.25) is 0 Å². The van der Waals surface area contributed by atoms with Gasteiger partial charge in [-0.15, -0.1) is 11.3 Å². The fraction of sp³-hybridized carbons (Fsp3) is 0.692. The lowest BCUT2D eigenvalue weighted by Crippen LogP contribution is -2.14. The molecule has 0 amide bonds. The van der Waals surface area contributed by atoms with Gasteiger partial charge in [0.1, 0.15) is 0 Å². The van der Waals surface area contributed by atoms with Crippen molar-refractivity contribution < 1.29 is 9.47 Å². The van der Waals surface area contributed by atoms with Gasteiger partial charge in [0.25, 0.3) is 0 Å². The Hall–Kier alpha value is -0.420. The minimum atomic E-state index is 0.682. The average molecular weight is 255 g/mol. The fourth-order valence-corrected chi connectivity index (χ4v) is 2.47. The second-order valence-electron chi connectivity index (χ2n) is 4.27. The molecule has 1 aliphatic carbocycles. The summed E-state index contributed by atoms with van der Waals surface area (Å²) < 4.78 is 10.8. The summed E-state index contributed by atoms with van der Waals surface area (Å²) in [6.07, 6.45) is 2.69. The summed E-state index contributed by atoms with van der Waals surface area (Å²) in [7, 11) is 0. The monoisotopic (exact) mass is 255 g/mol. The Morgan fingerprint density at radius 1 is 1.24 bits per heavy atom. The molecule has 1 N–H and O–H groups in total. The van der Waals surface area contributed by atoms with Gasteiger partial charge in [-0.1, -0.05) is 0 Å². The Morgan fingerprint density at radius 3 is 2.76 bits per heavy atom. The smallest absolute Gasteiger partial charge is 0.0810 e. The quantitative estimate of drug-likeness (QED) is 0.688. The van der Waals surface area contributed by atoms with E-state index in [0.29, 0.717) is 19.8 Å². The van der Waals surface area contributed by atoms with Crippen molar-refractivity contribution in [3.05, 3.63) is 21.9 Å². The predicted octanol–water partition coefficient (Wildman–Crippen LogP) is 2.55. The van der Waals surface area contributed by atoms with Crippen molar-refractivity contribution in [1.29, 1.82) is 0 Å². The standard InChI is InChI=1S/C13H21NO2S/c1-2-15-7-8-16-10-13-6-5-12(17-13)9-14-11-3-4-11/h5-6,11,14H,2-4,7-10H2,1H3. The summed E-state index contributed by atoms with van der Waals surface area (Å²) in [4.78, 5) is 2.70. The van der Waals surface area contributed by atoms with Crippen LogP contribution in [0.5, 0.6) is 0 Å². The lowest BCUT2D eigenvalue weighted by molar-refractivity contribution is 0.0462. The zero-order chi connectivity index (χ0) is 11.9. The Morgan fingerprint density at radius 2 is 2.00 bits per heavy atom. The maximum absolute atomic E-state index is 5.54. The number of thiophene rings is 1. The van der Waals surface area contributed by atoms with Gasteiger partial charge in [-0.3, -0.25) is 0 Å². The second-order valence-corrected chi connectivity index (χ2v) is 5.53. The zero-order valence-corrected chi connectivity index (χ0v) is 11.2. The summed E-state index contributed by atoms with van der Waals surface area (Å²) in [6, 6.07) is 5.14. The van der Waals surface area contributed by atoms with Gasteiger partial charge in [-0.25, -0.2) is 0 Å². The molecule has 0 atom stereocenters. The van der Waals surface area contributed by atoms with E-state index >= 15 is 0 Å². The van der Waals surface area contributed by atoms with Crippen LogP contribution in [0.4, 0.5) is 0 Å². The van der Waals surface area contributed by atoms with Gasteiger partial charge < -0.3 is 14.8 Å². The minimum Gasteiger partial charge on any atom is -0.379 e. The van der Waals surface area contributed by atoms with Crippen LogP contribution in [0.15, 0.2) is 12.1 Å². The Labute approximate surface area is 107 Å². The molecule has 4 heteroatoms. The molecule has 1 aromatic heterocycles. The molecule has 1 heterocycles. The van der Waals surface area contributed by atoms with E-state index in [9.17, 15) is 0 Å². The highest BCUT2D eigenvalue weighted by molar-refractivity contribution is 7.11. The molecular weight excluding hydrogens is 234 g/mol. The highest BCUT2D eigenvalue weighted by Crippen LogP contribution is 2.22. The maximum Gasteiger partial charge on any atom is 0.0810 e. The van der Waals surface area contributed by atoms with Crippen LogP contribution in [-0.4, -0.2) is 25.9 Å². The van der Waals surface area contributed by atoms with Crippen molar-refractivity contribution in [2.75, 3.05) is 19.8 Å². The Bertz CT molecular complexity index is 323. The van der Waals surface area contributed by atoms with Crippen molar-refractivity contribution in [2.45, 2.75) is 39.0 Å². The third-order valence-corrected chi connectivity index (χ3v) is 3.74. The molecule has 2 rings (SSSR count). The van der Waals surface area contributed by atoms with E-state index in [1.165, 1.54) is 22.6 Å². The van der Waals surface area contributed by atoms with Crippen molar-refractivity contribution in [3.63, 3.8) is 0 Å². The van der Waals surface area contributed by atoms with Gasteiger partial charge in [-0.05, 0) is 31.9 Å². The van der Waals surface area contributed by atoms with Gasteiger partial charge in [0.2, 0.25) is 0 Å². The molecule has 0 saturated heterocycles. The molecule has 1 aliphatic rings. The topological polar surface area (TPSA) is 30.5 Å². The summed E-state index contributed by atoms with van der Waals surface area (Å²) in [5.74, 6) is 0. The molecule has 1 aromatic rings. The van der Waals surface area contributed by atoms with Crippen molar-refractivity contribution in [3.8, 4) is 0 Å². The molecular formula is C13H21NO2S. The van der Waals surface area contributed by atoms with E-state index in [-0.39, 0.29) is 0 Å². The summed E-state index contributed by atoms with van der Waals surface area (Å²) >= 11 is 1.84. The SMILES string of the molecule is CCOCCOCc1ccc(CNC2CC2)s1. The van der Waals surface area contributed by atoms with Crippen molar-refractivity contribution >= 4 is 11.3 Å². The van der Waals surface area contributed by atoms with E-state index in [1.54, 1.807) is 0 Å². The van der Waals surface area contributed by atoms with Gasteiger partial charge in [0.05, 0.1) is 19.8 Å². The van der Waals surface area contributed by atoms with Crippen LogP contribution < -0.4 is 5.32 Å². The van der Waals surface area contributed by atoms with Crippen LogP contribution >= 0.6 is 11.3 Å². The molecule has 0 bridgehead atoms. The Balaban J connectivity index is 1.59. The molecule has 0 radical (unpaired) electrons. The average Bonchev–Trinajstić information content (AvgIpc) is 3.06. The summed E-state index contributed by atoms with van der Waals surface area (Å²) in [6.45, 7) is 5.85. The number of nitrogens with one attached hydrogen (secondary N) is 1. The summed E-state index contributed by atoms with van der Waals surface area (Å²) in [5, 5.41) is 3.52. The fourth-order valence-electron chi connectivity index (χ4n) is 1.56. The first kappa shape index (κ1) is 13.0. The van der Waals surface area contributed by atoms with Gasteiger partial charge in [-0.2, -0.15) is 0 Å². The van der Waals surface area contributed by atoms with Crippen molar-refractivity contribution in [1.82, 2.24) is 5.32 Å². The molecule has 0 spiro atoms. The molecule has 0 aromatic carbocycles. The number of hydrogen-bond donors (Lipinski definition) is 1. The van der Waals surface area contributed by atoms with E-state index < -0.39 is 0 Å². The van der Waals surface area contributed by atoms with E-state index in [0.717, 1.165) is 19.2 Å². The largest absolute Gasteiger partial charge is 0.379 e. The normalized spacial score (nSPS) is 15.4. The van der Waals surface area contributed by atoms with Crippen LogP contribution in [-0.2, 0) is 22.6 Å². The van der Waals surface area contributed by atoms with Gasteiger partial charge in [0, 0.05) is 28.9 Å². The highest BCUT2D eigenvalue weighted by Gasteiger charge is 2.20. The zero-order valence-electron chi connectivity index (χ0n) is 10.4. The van der Waals surface area contributed by atoms with E-state index in [4.69, 9.17) is 9.47 Å². The number of hydrogen-bond acceptors (Lipinski definition) is 4. The first-order valence-corrected chi connectivity index (χ1v) is 7.16. The van der Waals surface area contributed by atoms with Crippen LogP contribution in [0.3, 0.4) is 0 Å². The molecule has 0 aliphatic heterocycles. The lowest BCUT2D eigenvalue weighted by atomic mass is 10.4. The minimum absolute atomic E-state index is 0.682. The first-order chi connectivity index (χ1) is 8.38. The highest BCUT2D eigenvalue weighted by atomic mass is 32.1. The van der Waals surface area contributed by atoms with Crippen LogP contribution in [0.1, 0.15) is 29.5 Å². The predicted molar refractivity (Wildman–Crippen MR) is 70.3 cm³/mol. The van der Waals surface area contributed by atoms with E-state index in [2.05, 4.69) is 17.4 Å². The molecule has 1 fully saturated rings. The third kappa shape index (κ3) is 5.17. The summed E-state index contributed by atoms with van der Waals surface area (Å²) in [5.41, 5.74) is 0. The molecule has 1 saturated carbocycles. The van der Waals surface area contributed by atoms with E-state index in [1.807, 2.05) is 18.3 Å². The molecule has 3 nitrogen and oxygen atoms in total. The van der Waals surface area contributed by atoms with Crippen LogP contribution in [0, 0.1) is 0 Å². The van der Waals surface area contributed by atoms with Crippen LogP contribution in [0.25, 0.3) is 0 Å². The van der Waals surface area contributed by atoms with Crippen molar-refractivity contribution in [2.24, 2.45) is 0 Å². The second kappa shape index (κ2) is 7.11. The number of rotatable bonds is 9. The first-order valence-electron chi connectivity index (χ1n) is 6.35. The van der Waals surface area contributed by atoms with Gasteiger partial charge in [0.15, 0.2) is 0 Å². The Kier molecular flexibility index (Phi) is 5.45. The number of ether oxygens (including phenoxy) is 2. The lowest BCUT2D eigenvalue weighted by Gasteiger charge is -2.02. The molecule has 17 heavy (non-hydrogen) atoms. The third-order valence-electron chi connectivity index (χ3n) is 2.68. The van der Waals surface area contributed by atoms with Gasteiger partial charge >= 0.3 is 0 Å². The molecule has 0 unspecified atom stereocenters. The maximum atomic E-state index is 5.54. The molecule has 96 valence electrons.